The standard InChI is InChI=1S/C13H23ClN2O/c1-2-3-4-5-6-7-9-12-15-16-13(17-12)10-8-11-14/h2-11H2,1H3. The second-order valence-electron chi connectivity index (χ2n) is 4.40. The average molecular weight is 259 g/mol. The summed E-state index contributed by atoms with van der Waals surface area (Å²) in [5.41, 5.74) is 0. The van der Waals surface area contributed by atoms with E-state index in [0.29, 0.717) is 5.88 Å². The van der Waals surface area contributed by atoms with Crippen LogP contribution in [-0.2, 0) is 12.8 Å². The van der Waals surface area contributed by atoms with Crippen molar-refractivity contribution in [2.45, 2.75) is 64.7 Å². The Morgan fingerprint density at radius 1 is 0.882 bits per heavy atom. The summed E-state index contributed by atoms with van der Waals surface area (Å²) >= 11 is 5.61. The van der Waals surface area contributed by atoms with Crippen molar-refractivity contribution < 1.29 is 4.42 Å². The summed E-state index contributed by atoms with van der Waals surface area (Å²) in [5, 5.41) is 8.05. The molecule has 0 saturated carbocycles. The molecule has 4 heteroatoms. The molecule has 0 aliphatic rings. The third-order valence-corrected chi connectivity index (χ3v) is 3.04. The predicted octanol–water partition coefficient (Wildman–Crippen LogP) is 4.14. The van der Waals surface area contributed by atoms with Gasteiger partial charge in [0.15, 0.2) is 0 Å². The summed E-state index contributed by atoms with van der Waals surface area (Å²) in [7, 11) is 0. The summed E-state index contributed by atoms with van der Waals surface area (Å²) in [6, 6.07) is 0. The van der Waals surface area contributed by atoms with Gasteiger partial charge in [0.1, 0.15) is 0 Å². The molecule has 17 heavy (non-hydrogen) atoms. The monoisotopic (exact) mass is 258 g/mol. The van der Waals surface area contributed by atoms with Crippen LogP contribution in [0.3, 0.4) is 0 Å². The zero-order chi connectivity index (χ0) is 12.3. The van der Waals surface area contributed by atoms with Crippen LogP contribution < -0.4 is 0 Å². The van der Waals surface area contributed by atoms with Gasteiger partial charge >= 0.3 is 0 Å². The van der Waals surface area contributed by atoms with E-state index in [1.807, 2.05) is 0 Å². The van der Waals surface area contributed by atoms with Crippen molar-refractivity contribution in [1.82, 2.24) is 10.2 Å². The molecule has 0 unspecified atom stereocenters. The molecule has 3 nitrogen and oxygen atoms in total. The highest BCUT2D eigenvalue weighted by atomic mass is 35.5. The molecule has 0 saturated heterocycles. The Hall–Kier alpha value is -0.570. The van der Waals surface area contributed by atoms with Crippen LogP contribution in [0, 0.1) is 0 Å². The van der Waals surface area contributed by atoms with Crippen LogP contribution in [0.4, 0.5) is 0 Å². The number of aromatic nitrogens is 2. The van der Waals surface area contributed by atoms with Crippen LogP contribution in [-0.4, -0.2) is 16.1 Å². The van der Waals surface area contributed by atoms with E-state index in [-0.39, 0.29) is 0 Å². The zero-order valence-electron chi connectivity index (χ0n) is 10.8. The minimum Gasteiger partial charge on any atom is -0.425 e. The van der Waals surface area contributed by atoms with Gasteiger partial charge in [-0.25, -0.2) is 0 Å². The van der Waals surface area contributed by atoms with Gasteiger partial charge in [0.2, 0.25) is 11.8 Å². The lowest BCUT2D eigenvalue weighted by molar-refractivity contribution is 0.438. The van der Waals surface area contributed by atoms with Gasteiger partial charge in [0, 0.05) is 18.7 Å². The lowest BCUT2D eigenvalue weighted by atomic mass is 10.1. The first kappa shape index (κ1) is 14.5. The maximum Gasteiger partial charge on any atom is 0.216 e. The van der Waals surface area contributed by atoms with Gasteiger partial charge in [0.25, 0.3) is 0 Å². The predicted molar refractivity (Wildman–Crippen MR) is 70.4 cm³/mol. The Balaban J connectivity index is 2.08. The van der Waals surface area contributed by atoms with Crippen LogP contribution in [0.1, 0.15) is 63.7 Å². The minimum atomic E-state index is 0.648. The molecule has 0 aliphatic carbocycles. The number of alkyl halides is 1. The molecule has 0 fully saturated rings. The molecule has 1 aromatic rings. The van der Waals surface area contributed by atoms with Gasteiger partial charge in [-0.1, -0.05) is 39.0 Å². The second-order valence-corrected chi connectivity index (χ2v) is 4.78. The Bertz CT molecular complexity index is 289. The third kappa shape index (κ3) is 6.67. The van der Waals surface area contributed by atoms with Gasteiger partial charge < -0.3 is 4.42 Å². The maximum absolute atomic E-state index is 5.61. The third-order valence-electron chi connectivity index (χ3n) is 2.78. The first-order chi connectivity index (χ1) is 8.36. The number of hydrogen-bond acceptors (Lipinski definition) is 3. The molecule has 0 amide bonds. The van der Waals surface area contributed by atoms with Crippen molar-refractivity contribution in [2.75, 3.05) is 5.88 Å². The van der Waals surface area contributed by atoms with Gasteiger partial charge in [-0.2, -0.15) is 0 Å². The molecule has 0 radical (unpaired) electrons. The highest BCUT2D eigenvalue weighted by Crippen LogP contribution is 2.10. The molecule has 0 N–H and O–H groups in total. The molecule has 1 aromatic heterocycles. The second kappa shape index (κ2) is 9.46. The molecule has 98 valence electrons. The number of unbranched alkanes of at least 4 members (excludes halogenated alkanes) is 5. The quantitative estimate of drug-likeness (QED) is 0.468. The van der Waals surface area contributed by atoms with E-state index in [1.165, 1.54) is 32.1 Å². The summed E-state index contributed by atoms with van der Waals surface area (Å²) in [4.78, 5) is 0. The van der Waals surface area contributed by atoms with Crippen LogP contribution in [0.5, 0.6) is 0 Å². The number of rotatable bonds is 10. The molecule has 0 atom stereocenters. The first-order valence-electron chi connectivity index (χ1n) is 6.74. The fraction of sp³-hybridized carbons (Fsp3) is 0.846. The lowest BCUT2D eigenvalue weighted by Gasteiger charge is -1.97. The summed E-state index contributed by atoms with van der Waals surface area (Å²) < 4.78 is 5.53. The minimum absolute atomic E-state index is 0.648. The fourth-order valence-corrected chi connectivity index (χ4v) is 1.90. The summed E-state index contributed by atoms with van der Waals surface area (Å²) in [6.45, 7) is 2.24. The summed E-state index contributed by atoms with van der Waals surface area (Å²) in [6.07, 6.45) is 10.4. The molecular formula is C13H23ClN2O. The lowest BCUT2D eigenvalue weighted by Crippen LogP contribution is -1.86. The van der Waals surface area contributed by atoms with E-state index in [1.54, 1.807) is 0 Å². The van der Waals surface area contributed by atoms with Crippen molar-refractivity contribution in [3.05, 3.63) is 11.8 Å². The fourth-order valence-electron chi connectivity index (χ4n) is 1.77. The molecule has 1 rings (SSSR count). The average Bonchev–Trinajstić information content (AvgIpc) is 2.79. The van der Waals surface area contributed by atoms with E-state index in [2.05, 4.69) is 17.1 Å². The maximum atomic E-state index is 5.61. The van der Waals surface area contributed by atoms with Crippen molar-refractivity contribution in [2.24, 2.45) is 0 Å². The SMILES string of the molecule is CCCCCCCCc1nnc(CCCCl)o1. The summed E-state index contributed by atoms with van der Waals surface area (Å²) in [5.74, 6) is 2.16. The van der Waals surface area contributed by atoms with E-state index in [9.17, 15) is 0 Å². The number of nitrogens with zero attached hydrogens (tertiary/aromatic N) is 2. The van der Waals surface area contributed by atoms with Crippen LogP contribution in [0.15, 0.2) is 4.42 Å². The van der Waals surface area contributed by atoms with Crippen molar-refractivity contribution in [3.63, 3.8) is 0 Å². The van der Waals surface area contributed by atoms with Crippen molar-refractivity contribution in [3.8, 4) is 0 Å². The van der Waals surface area contributed by atoms with Crippen molar-refractivity contribution in [1.29, 1.82) is 0 Å². The molecule has 0 bridgehead atoms. The van der Waals surface area contributed by atoms with E-state index >= 15 is 0 Å². The van der Waals surface area contributed by atoms with E-state index in [4.69, 9.17) is 16.0 Å². The highest BCUT2D eigenvalue weighted by Gasteiger charge is 2.05. The number of aryl methyl sites for hydroxylation is 2. The van der Waals surface area contributed by atoms with Crippen LogP contribution in [0.25, 0.3) is 0 Å². The van der Waals surface area contributed by atoms with Gasteiger partial charge in [-0.3, -0.25) is 0 Å². The van der Waals surface area contributed by atoms with E-state index < -0.39 is 0 Å². The van der Waals surface area contributed by atoms with Gasteiger partial charge in [-0.05, 0) is 12.8 Å². The molecule has 0 aliphatic heterocycles. The number of hydrogen-bond donors (Lipinski definition) is 0. The Labute approximate surface area is 109 Å². The Morgan fingerprint density at radius 3 is 2.12 bits per heavy atom. The largest absolute Gasteiger partial charge is 0.425 e. The van der Waals surface area contributed by atoms with Crippen LogP contribution in [0.2, 0.25) is 0 Å². The van der Waals surface area contributed by atoms with Crippen LogP contribution >= 0.6 is 11.6 Å². The highest BCUT2D eigenvalue weighted by molar-refractivity contribution is 6.17. The normalized spacial score (nSPS) is 10.9. The smallest absolute Gasteiger partial charge is 0.216 e. The van der Waals surface area contributed by atoms with E-state index in [0.717, 1.165) is 37.5 Å². The van der Waals surface area contributed by atoms with Gasteiger partial charge in [-0.15, -0.1) is 21.8 Å². The number of halogens is 1. The molecule has 0 spiro atoms. The first-order valence-corrected chi connectivity index (χ1v) is 7.27. The molecule has 1 heterocycles. The molecular weight excluding hydrogens is 236 g/mol. The topological polar surface area (TPSA) is 38.9 Å². The zero-order valence-corrected chi connectivity index (χ0v) is 11.5. The van der Waals surface area contributed by atoms with Gasteiger partial charge in [0.05, 0.1) is 0 Å². The Morgan fingerprint density at radius 2 is 1.47 bits per heavy atom. The molecule has 0 aromatic carbocycles. The van der Waals surface area contributed by atoms with Crippen molar-refractivity contribution >= 4 is 11.6 Å². The Kier molecular flexibility index (Phi) is 8.06.